The molecule has 0 spiro atoms. The van der Waals surface area contributed by atoms with E-state index in [1.54, 1.807) is 18.2 Å². The van der Waals surface area contributed by atoms with Gasteiger partial charge in [0.15, 0.2) is 6.61 Å². The van der Waals surface area contributed by atoms with Gasteiger partial charge in [-0.15, -0.1) is 0 Å². The molecule has 7 heteroatoms. The molecule has 4 rings (SSSR count). The average molecular weight is 381 g/mol. The molecule has 0 saturated heterocycles. The van der Waals surface area contributed by atoms with Crippen molar-refractivity contribution in [3.63, 3.8) is 0 Å². The Morgan fingerprint density at radius 2 is 1.61 bits per heavy atom. The van der Waals surface area contributed by atoms with Gasteiger partial charge in [-0.3, -0.25) is 4.79 Å². The molecule has 0 atom stereocenters. The van der Waals surface area contributed by atoms with Crippen LogP contribution in [-0.4, -0.2) is 18.5 Å². The molecule has 1 aromatic heterocycles. The summed E-state index contributed by atoms with van der Waals surface area (Å²) in [6.45, 7) is -0.684. The van der Waals surface area contributed by atoms with Crippen molar-refractivity contribution in [3.05, 3.63) is 77.9 Å². The van der Waals surface area contributed by atoms with Crippen LogP contribution in [0.15, 0.2) is 65.1 Å². The molecule has 140 valence electrons. The van der Waals surface area contributed by atoms with Gasteiger partial charge in [-0.05, 0) is 36.4 Å². The molecular formula is C21H13F2NO4. The van der Waals surface area contributed by atoms with Crippen molar-refractivity contribution in [1.29, 1.82) is 0 Å². The Balaban J connectivity index is 1.46. The zero-order valence-electron chi connectivity index (χ0n) is 14.4. The minimum Gasteiger partial charge on any atom is -0.456 e. The molecular weight excluding hydrogens is 368 g/mol. The van der Waals surface area contributed by atoms with E-state index in [1.807, 2.05) is 24.3 Å². The van der Waals surface area contributed by atoms with Gasteiger partial charge in [0.25, 0.3) is 5.91 Å². The number of furan rings is 1. The second kappa shape index (κ2) is 7.11. The van der Waals surface area contributed by atoms with Gasteiger partial charge >= 0.3 is 5.97 Å². The SMILES string of the molecule is O=C(COC(=O)c1c(F)cccc1F)Nc1ccc2oc3ccccc3c2c1. The van der Waals surface area contributed by atoms with E-state index in [-0.39, 0.29) is 0 Å². The van der Waals surface area contributed by atoms with Crippen molar-refractivity contribution in [2.75, 3.05) is 11.9 Å². The number of fused-ring (bicyclic) bond motifs is 3. The molecule has 5 nitrogen and oxygen atoms in total. The van der Waals surface area contributed by atoms with Gasteiger partial charge in [0.2, 0.25) is 0 Å². The lowest BCUT2D eigenvalue weighted by atomic mass is 10.1. The van der Waals surface area contributed by atoms with Crippen molar-refractivity contribution in [2.45, 2.75) is 0 Å². The highest BCUT2D eigenvalue weighted by Crippen LogP contribution is 2.30. The number of rotatable bonds is 4. The number of benzene rings is 3. The molecule has 1 heterocycles. The van der Waals surface area contributed by atoms with Gasteiger partial charge in [0, 0.05) is 16.5 Å². The third-order valence-corrected chi connectivity index (χ3v) is 4.16. The molecule has 4 aromatic rings. The highest BCUT2D eigenvalue weighted by Gasteiger charge is 2.19. The fourth-order valence-corrected chi connectivity index (χ4v) is 2.90. The number of hydrogen-bond acceptors (Lipinski definition) is 4. The number of hydrogen-bond donors (Lipinski definition) is 1. The lowest BCUT2D eigenvalue weighted by molar-refractivity contribution is -0.119. The van der Waals surface area contributed by atoms with Gasteiger partial charge in [0.05, 0.1) is 0 Å². The van der Waals surface area contributed by atoms with Gasteiger partial charge in [0.1, 0.15) is 28.4 Å². The van der Waals surface area contributed by atoms with Gasteiger partial charge in [-0.2, -0.15) is 0 Å². The normalized spacial score (nSPS) is 10.9. The number of esters is 1. The van der Waals surface area contributed by atoms with Crippen LogP contribution in [0.3, 0.4) is 0 Å². The number of para-hydroxylation sites is 1. The zero-order chi connectivity index (χ0) is 19.7. The summed E-state index contributed by atoms with van der Waals surface area (Å²) in [7, 11) is 0. The van der Waals surface area contributed by atoms with Crippen molar-refractivity contribution in [3.8, 4) is 0 Å². The van der Waals surface area contributed by atoms with E-state index in [0.29, 0.717) is 11.3 Å². The van der Waals surface area contributed by atoms with Crippen molar-refractivity contribution in [1.82, 2.24) is 0 Å². The van der Waals surface area contributed by atoms with Crippen LogP contribution in [0.1, 0.15) is 10.4 Å². The Morgan fingerprint density at radius 3 is 2.39 bits per heavy atom. The van der Waals surface area contributed by atoms with E-state index in [2.05, 4.69) is 5.32 Å². The number of halogens is 2. The molecule has 1 amide bonds. The number of amides is 1. The van der Waals surface area contributed by atoms with E-state index in [1.165, 1.54) is 0 Å². The summed E-state index contributed by atoms with van der Waals surface area (Å²) < 4.78 is 37.6. The van der Waals surface area contributed by atoms with Gasteiger partial charge in [-0.25, -0.2) is 13.6 Å². The molecule has 0 bridgehead atoms. The summed E-state index contributed by atoms with van der Waals surface area (Å²) >= 11 is 0. The van der Waals surface area contributed by atoms with Crippen LogP contribution >= 0.6 is 0 Å². The highest BCUT2D eigenvalue weighted by molar-refractivity contribution is 6.07. The summed E-state index contributed by atoms with van der Waals surface area (Å²) in [5.74, 6) is -4.00. The number of anilines is 1. The Morgan fingerprint density at radius 1 is 0.893 bits per heavy atom. The molecule has 0 radical (unpaired) electrons. The largest absolute Gasteiger partial charge is 0.456 e. The topological polar surface area (TPSA) is 68.5 Å². The first-order valence-electron chi connectivity index (χ1n) is 8.35. The van der Waals surface area contributed by atoms with Crippen LogP contribution in [0.2, 0.25) is 0 Å². The third-order valence-electron chi connectivity index (χ3n) is 4.16. The smallest absolute Gasteiger partial charge is 0.344 e. The molecule has 0 fully saturated rings. The van der Waals surface area contributed by atoms with Crippen molar-refractivity contribution >= 4 is 39.5 Å². The quantitative estimate of drug-likeness (QED) is 0.522. The van der Waals surface area contributed by atoms with Crippen LogP contribution in [0.25, 0.3) is 21.9 Å². The summed E-state index contributed by atoms with van der Waals surface area (Å²) in [6, 6.07) is 15.6. The molecule has 0 aliphatic rings. The first kappa shape index (κ1) is 17.7. The van der Waals surface area contributed by atoms with E-state index in [4.69, 9.17) is 9.15 Å². The van der Waals surface area contributed by atoms with E-state index >= 15 is 0 Å². The molecule has 3 aromatic carbocycles. The van der Waals surface area contributed by atoms with Crippen LogP contribution in [-0.2, 0) is 9.53 Å². The number of carbonyl (C=O) groups excluding carboxylic acids is 2. The Bertz CT molecular complexity index is 1200. The summed E-state index contributed by atoms with van der Waals surface area (Å²) in [5, 5.41) is 4.30. The van der Waals surface area contributed by atoms with Gasteiger partial charge in [-0.1, -0.05) is 24.3 Å². The number of carbonyl (C=O) groups is 2. The summed E-state index contributed by atoms with van der Waals surface area (Å²) in [5.41, 5.74) is 1.03. The predicted octanol–water partition coefficient (Wildman–Crippen LogP) is 4.66. The lowest BCUT2D eigenvalue weighted by Crippen LogP contribution is -2.21. The average Bonchev–Trinajstić information content (AvgIpc) is 3.04. The third kappa shape index (κ3) is 3.29. The van der Waals surface area contributed by atoms with E-state index < -0.39 is 35.7 Å². The van der Waals surface area contributed by atoms with Crippen molar-refractivity contribution < 1.29 is 27.5 Å². The predicted molar refractivity (Wildman–Crippen MR) is 99.0 cm³/mol. The van der Waals surface area contributed by atoms with E-state index in [9.17, 15) is 18.4 Å². The van der Waals surface area contributed by atoms with Crippen molar-refractivity contribution in [2.24, 2.45) is 0 Å². The first-order chi connectivity index (χ1) is 13.5. The molecule has 0 unspecified atom stereocenters. The lowest BCUT2D eigenvalue weighted by Gasteiger charge is -2.08. The van der Waals surface area contributed by atoms with Crippen LogP contribution in [0.4, 0.5) is 14.5 Å². The molecule has 0 saturated carbocycles. The Kier molecular flexibility index (Phi) is 4.49. The maximum atomic E-state index is 13.6. The van der Waals surface area contributed by atoms with E-state index in [0.717, 1.165) is 34.6 Å². The summed E-state index contributed by atoms with van der Waals surface area (Å²) in [6.07, 6.45) is 0. The Labute approximate surface area is 157 Å². The minimum absolute atomic E-state index is 0.470. The summed E-state index contributed by atoms with van der Waals surface area (Å²) in [4.78, 5) is 23.9. The first-order valence-corrected chi connectivity index (χ1v) is 8.35. The molecule has 0 aliphatic heterocycles. The molecule has 0 aliphatic carbocycles. The Hall–Kier alpha value is -3.74. The maximum Gasteiger partial charge on any atom is 0.344 e. The number of nitrogens with one attached hydrogen (secondary N) is 1. The molecule has 1 N–H and O–H groups in total. The van der Waals surface area contributed by atoms with Gasteiger partial charge < -0.3 is 14.5 Å². The standard InChI is InChI=1S/C21H13F2NO4/c22-15-5-3-6-16(23)20(15)21(26)27-11-19(25)24-12-8-9-18-14(10-12)13-4-1-2-7-17(13)28-18/h1-10H,11H2,(H,24,25). The fourth-order valence-electron chi connectivity index (χ4n) is 2.90. The monoisotopic (exact) mass is 381 g/mol. The maximum absolute atomic E-state index is 13.6. The number of ether oxygens (including phenoxy) is 1. The fraction of sp³-hybridized carbons (Fsp3) is 0.0476. The zero-order valence-corrected chi connectivity index (χ0v) is 14.4. The minimum atomic E-state index is -1.25. The molecule has 28 heavy (non-hydrogen) atoms. The van der Waals surface area contributed by atoms with Crippen LogP contribution in [0.5, 0.6) is 0 Å². The van der Waals surface area contributed by atoms with Crippen LogP contribution in [0, 0.1) is 11.6 Å². The second-order valence-electron chi connectivity index (χ2n) is 6.03. The second-order valence-corrected chi connectivity index (χ2v) is 6.03. The van der Waals surface area contributed by atoms with Crippen LogP contribution < -0.4 is 5.32 Å². The highest BCUT2D eigenvalue weighted by atomic mass is 19.1.